The predicted octanol–water partition coefficient (Wildman–Crippen LogP) is 4.96. The number of phenolic OH excluding ortho intramolecular Hbond substituents is 1. The van der Waals surface area contributed by atoms with Gasteiger partial charge in [-0.3, -0.25) is 0 Å². The Balaban J connectivity index is 2.09. The van der Waals surface area contributed by atoms with Crippen molar-refractivity contribution < 1.29 is 5.11 Å². The molecule has 2 nitrogen and oxygen atoms in total. The van der Waals surface area contributed by atoms with Crippen molar-refractivity contribution in [2.75, 3.05) is 0 Å². The number of aromatic hydroxyl groups is 1. The van der Waals surface area contributed by atoms with Gasteiger partial charge in [0, 0.05) is 16.6 Å². The molecule has 0 heterocycles. The highest BCUT2D eigenvalue weighted by Gasteiger charge is 2.13. The van der Waals surface area contributed by atoms with Gasteiger partial charge >= 0.3 is 0 Å². The number of halogens is 1. The van der Waals surface area contributed by atoms with Crippen LogP contribution in [0.3, 0.4) is 0 Å². The van der Waals surface area contributed by atoms with Crippen LogP contribution < -0.4 is 5.32 Å². The van der Waals surface area contributed by atoms with Crippen molar-refractivity contribution in [3.63, 3.8) is 0 Å². The summed E-state index contributed by atoms with van der Waals surface area (Å²) in [5.74, 6) is 0.310. The fraction of sp³-hybridized carbons (Fsp3) is 0.294. The van der Waals surface area contributed by atoms with Crippen molar-refractivity contribution >= 4 is 15.9 Å². The molecule has 20 heavy (non-hydrogen) atoms. The van der Waals surface area contributed by atoms with E-state index in [1.54, 1.807) is 12.1 Å². The Hall–Kier alpha value is -1.32. The topological polar surface area (TPSA) is 32.3 Å². The van der Waals surface area contributed by atoms with E-state index in [-0.39, 0.29) is 12.1 Å². The average Bonchev–Trinajstić information content (AvgIpc) is 2.46. The summed E-state index contributed by atoms with van der Waals surface area (Å²) in [6.07, 6.45) is 1.01. The van der Waals surface area contributed by atoms with Crippen LogP contribution in [0.1, 0.15) is 43.5 Å². The van der Waals surface area contributed by atoms with Crippen LogP contribution in [0.15, 0.2) is 53.0 Å². The van der Waals surface area contributed by atoms with Gasteiger partial charge in [0.05, 0.1) is 0 Å². The lowest BCUT2D eigenvalue weighted by molar-refractivity contribution is 0.453. The SMILES string of the molecule is CCC(N[C@@H](C)c1ccc(Br)cc1)c1ccc(O)cc1. The molecule has 2 aromatic carbocycles. The summed E-state index contributed by atoms with van der Waals surface area (Å²) in [7, 11) is 0. The van der Waals surface area contributed by atoms with Crippen molar-refractivity contribution in [1.29, 1.82) is 0 Å². The maximum absolute atomic E-state index is 9.37. The molecule has 2 atom stereocenters. The van der Waals surface area contributed by atoms with Crippen LogP contribution in [0, 0.1) is 0 Å². The van der Waals surface area contributed by atoms with E-state index >= 15 is 0 Å². The number of hydrogen-bond acceptors (Lipinski definition) is 2. The number of hydrogen-bond donors (Lipinski definition) is 2. The van der Waals surface area contributed by atoms with Gasteiger partial charge in [-0.1, -0.05) is 47.1 Å². The Bertz CT molecular complexity index is 536. The first-order chi connectivity index (χ1) is 9.60. The molecular weight excluding hydrogens is 314 g/mol. The molecule has 0 saturated carbocycles. The summed E-state index contributed by atoms with van der Waals surface area (Å²) in [6, 6.07) is 16.4. The van der Waals surface area contributed by atoms with Gasteiger partial charge in [0.1, 0.15) is 5.75 Å². The third-order valence-corrected chi connectivity index (χ3v) is 4.05. The normalized spacial score (nSPS) is 13.9. The lowest BCUT2D eigenvalue weighted by Crippen LogP contribution is -2.24. The first-order valence-corrected chi connectivity index (χ1v) is 7.70. The predicted molar refractivity (Wildman–Crippen MR) is 86.8 cm³/mol. The van der Waals surface area contributed by atoms with E-state index < -0.39 is 0 Å². The Morgan fingerprint density at radius 2 is 1.55 bits per heavy atom. The molecule has 0 amide bonds. The second kappa shape index (κ2) is 6.91. The molecule has 0 radical (unpaired) electrons. The fourth-order valence-corrected chi connectivity index (χ4v) is 2.57. The minimum absolute atomic E-state index is 0.279. The van der Waals surface area contributed by atoms with Crippen LogP contribution in [0.25, 0.3) is 0 Å². The van der Waals surface area contributed by atoms with E-state index in [1.807, 2.05) is 12.1 Å². The quantitative estimate of drug-likeness (QED) is 0.810. The van der Waals surface area contributed by atoms with Gasteiger partial charge in [-0.05, 0) is 48.7 Å². The minimum atomic E-state index is 0.279. The molecule has 0 aliphatic heterocycles. The van der Waals surface area contributed by atoms with Crippen LogP contribution in [0.4, 0.5) is 0 Å². The monoisotopic (exact) mass is 333 g/mol. The number of benzene rings is 2. The van der Waals surface area contributed by atoms with Crippen molar-refractivity contribution in [2.45, 2.75) is 32.4 Å². The molecular formula is C17H20BrNO. The van der Waals surface area contributed by atoms with E-state index in [0.29, 0.717) is 5.75 Å². The first-order valence-electron chi connectivity index (χ1n) is 6.90. The van der Waals surface area contributed by atoms with Gasteiger partial charge in [-0.2, -0.15) is 0 Å². The van der Waals surface area contributed by atoms with Crippen molar-refractivity contribution in [3.8, 4) is 5.75 Å². The third-order valence-electron chi connectivity index (χ3n) is 3.52. The largest absolute Gasteiger partial charge is 0.508 e. The molecule has 2 aromatic rings. The van der Waals surface area contributed by atoms with Crippen LogP contribution in [0.2, 0.25) is 0 Å². The fourth-order valence-electron chi connectivity index (χ4n) is 2.31. The van der Waals surface area contributed by atoms with E-state index in [4.69, 9.17) is 0 Å². The molecule has 0 fully saturated rings. The van der Waals surface area contributed by atoms with Crippen molar-refractivity contribution in [1.82, 2.24) is 5.32 Å². The van der Waals surface area contributed by atoms with Crippen LogP contribution in [-0.2, 0) is 0 Å². The molecule has 106 valence electrons. The third kappa shape index (κ3) is 3.84. The maximum Gasteiger partial charge on any atom is 0.115 e. The molecule has 3 heteroatoms. The highest BCUT2D eigenvalue weighted by atomic mass is 79.9. The van der Waals surface area contributed by atoms with Crippen LogP contribution in [-0.4, -0.2) is 5.11 Å². The number of rotatable bonds is 5. The van der Waals surface area contributed by atoms with Gasteiger partial charge in [0.2, 0.25) is 0 Å². The summed E-state index contributed by atoms with van der Waals surface area (Å²) in [5, 5.41) is 13.0. The Morgan fingerprint density at radius 1 is 1.00 bits per heavy atom. The molecule has 0 aromatic heterocycles. The molecule has 0 spiro atoms. The lowest BCUT2D eigenvalue weighted by atomic mass is 10.0. The van der Waals surface area contributed by atoms with E-state index in [2.05, 4.69) is 59.4 Å². The van der Waals surface area contributed by atoms with Crippen LogP contribution >= 0.6 is 15.9 Å². The van der Waals surface area contributed by atoms with E-state index in [1.165, 1.54) is 11.1 Å². The zero-order valence-corrected chi connectivity index (χ0v) is 13.4. The Labute approximate surface area is 129 Å². The number of nitrogens with one attached hydrogen (secondary N) is 1. The molecule has 1 unspecified atom stereocenters. The van der Waals surface area contributed by atoms with Crippen molar-refractivity contribution in [3.05, 3.63) is 64.1 Å². The summed E-state index contributed by atoms with van der Waals surface area (Å²) in [4.78, 5) is 0. The molecule has 0 aliphatic carbocycles. The van der Waals surface area contributed by atoms with Gasteiger partial charge in [0.25, 0.3) is 0 Å². The zero-order chi connectivity index (χ0) is 14.5. The summed E-state index contributed by atoms with van der Waals surface area (Å²) in [6.45, 7) is 4.34. The van der Waals surface area contributed by atoms with Gasteiger partial charge in [-0.25, -0.2) is 0 Å². The second-order valence-corrected chi connectivity index (χ2v) is 5.91. The summed E-state index contributed by atoms with van der Waals surface area (Å²) >= 11 is 3.46. The molecule has 0 bridgehead atoms. The average molecular weight is 334 g/mol. The number of phenols is 1. The standard InChI is InChI=1S/C17H20BrNO/c1-3-17(14-6-10-16(20)11-7-14)19-12(2)13-4-8-15(18)9-5-13/h4-12,17,19-20H,3H2,1-2H3/t12-,17?/m0/s1. The van der Waals surface area contributed by atoms with Crippen LogP contribution in [0.5, 0.6) is 5.75 Å². The van der Waals surface area contributed by atoms with E-state index in [0.717, 1.165) is 10.9 Å². The van der Waals surface area contributed by atoms with Crippen molar-refractivity contribution in [2.24, 2.45) is 0 Å². The van der Waals surface area contributed by atoms with Gasteiger partial charge in [-0.15, -0.1) is 0 Å². The highest BCUT2D eigenvalue weighted by molar-refractivity contribution is 9.10. The second-order valence-electron chi connectivity index (χ2n) is 4.99. The smallest absolute Gasteiger partial charge is 0.115 e. The van der Waals surface area contributed by atoms with Gasteiger partial charge in [0.15, 0.2) is 0 Å². The van der Waals surface area contributed by atoms with Gasteiger partial charge < -0.3 is 10.4 Å². The Morgan fingerprint density at radius 3 is 2.10 bits per heavy atom. The maximum atomic E-state index is 9.37. The molecule has 0 aliphatic rings. The molecule has 0 saturated heterocycles. The molecule has 2 N–H and O–H groups in total. The Kier molecular flexibility index (Phi) is 5.21. The van der Waals surface area contributed by atoms with E-state index in [9.17, 15) is 5.11 Å². The first kappa shape index (κ1) is 15.1. The lowest BCUT2D eigenvalue weighted by Gasteiger charge is -2.23. The summed E-state index contributed by atoms with van der Waals surface area (Å²) in [5.41, 5.74) is 2.47. The zero-order valence-electron chi connectivity index (χ0n) is 11.8. The molecule has 2 rings (SSSR count). The highest BCUT2D eigenvalue weighted by Crippen LogP contribution is 2.24. The minimum Gasteiger partial charge on any atom is -0.508 e. The summed E-state index contributed by atoms with van der Waals surface area (Å²) < 4.78 is 1.10.